The third kappa shape index (κ3) is 2.16. The van der Waals surface area contributed by atoms with E-state index in [1.807, 2.05) is 0 Å². The Morgan fingerprint density at radius 1 is 0.905 bits per heavy atom. The van der Waals surface area contributed by atoms with Crippen LogP contribution < -0.4 is 0 Å². The summed E-state index contributed by atoms with van der Waals surface area (Å²) in [5.41, 5.74) is 2.63. The Hall–Kier alpha value is -0.820. The van der Waals surface area contributed by atoms with Crippen molar-refractivity contribution in [1.82, 2.24) is 0 Å². The summed E-state index contributed by atoms with van der Waals surface area (Å²) in [4.78, 5) is 0. The van der Waals surface area contributed by atoms with Gasteiger partial charge in [0.15, 0.2) is 0 Å². The molecule has 3 aliphatic carbocycles. The van der Waals surface area contributed by atoms with Crippen LogP contribution in [0.2, 0.25) is 0 Å². The molecule has 0 amide bonds. The zero-order valence-corrected chi connectivity index (χ0v) is 13.2. The molecule has 1 nitrogen and oxygen atoms in total. The van der Waals surface area contributed by atoms with Crippen molar-refractivity contribution >= 4 is 0 Å². The highest BCUT2D eigenvalue weighted by atomic mass is 16.3. The Labute approximate surface area is 128 Å². The van der Waals surface area contributed by atoms with Crippen molar-refractivity contribution < 1.29 is 5.11 Å². The summed E-state index contributed by atoms with van der Waals surface area (Å²) in [6.45, 7) is 2.38. The molecule has 4 unspecified atom stereocenters. The first-order chi connectivity index (χ1) is 10.2. The summed E-state index contributed by atoms with van der Waals surface area (Å²) in [6, 6.07) is 8.92. The number of hydrogen-bond acceptors (Lipinski definition) is 1. The van der Waals surface area contributed by atoms with Gasteiger partial charge in [0.05, 0.1) is 5.60 Å². The lowest BCUT2D eigenvalue weighted by Gasteiger charge is -2.44. The predicted octanol–water partition coefficient (Wildman–Crippen LogP) is 4.37. The molecule has 0 aromatic heterocycles. The second kappa shape index (κ2) is 5.12. The van der Waals surface area contributed by atoms with E-state index in [9.17, 15) is 5.11 Å². The molecule has 0 radical (unpaired) electrons. The Balaban J connectivity index is 1.68. The van der Waals surface area contributed by atoms with Crippen LogP contribution in [0.5, 0.6) is 0 Å². The molecule has 0 spiro atoms. The molecule has 1 aromatic carbocycles. The highest BCUT2D eigenvalue weighted by molar-refractivity contribution is 5.32. The van der Waals surface area contributed by atoms with Crippen LogP contribution in [0, 0.1) is 23.7 Å². The number of benzene rings is 1. The van der Waals surface area contributed by atoms with Crippen LogP contribution in [-0.2, 0) is 12.8 Å². The highest BCUT2D eigenvalue weighted by Gasteiger charge is 2.54. The van der Waals surface area contributed by atoms with Gasteiger partial charge in [-0.25, -0.2) is 0 Å². The summed E-state index contributed by atoms with van der Waals surface area (Å²) in [7, 11) is 0. The Morgan fingerprint density at radius 2 is 1.52 bits per heavy atom. The molecule has 4 atom stereocenters. The standard InChI is InChI=1S/C20H28O/c1-14-5-4-8-17(11-14)20(21)18-9-10-19(20)13-16-7-3-2-6-15(16)12-18/h2-3,6-7,14,17-19,21H,4-5,8-13H2,1H3. The molecule has 2 saturated carbocycles. The Kier molecular flexibility index (Phi) is 3.37. The van der Waals surface area contributed by atoms with E-state index < -0.39 is 0 Å². The van der Waals surface area contributed by atoms with Gasteiger partial charge < -0.3 is 5.11 Å². The van der Waals surface area contributed by atoms with Crippen LogP contribution in [0.1, 0.15) is 56.6 Å². The summed E-state index contributed by atoms with van der Waals surface area (Å²) in [6.07, 6.45) is 9.87. The summed E-state index contributed by atoms with van der Waals surface area (Å²) < 4.78 is 0. The van der Waals surface area contributed by atoms with Crippen molar-refractivity contribution in [3.8, 4) is 0 Å². The largest absolute Gasteiger partial charge is 0.389 e. The lowest BCUT2D eigenvalue weighted by molar-refractivity contribution is -0.0996. The molecule has 1 heteroatoms. The molecule has 1 aromatic rings. The second-order valence-electron chi connectivity index (χ2n) is 8.00. The third-order valence-electron chi connectivity index (χ3n) is 6.81. The van der Waals surface area contributed by atoms with Gasteiger partial charge in [0.1, 0.15) is 0 Å². The van der Waals surface area contributed by atoms with E-state index in [2.05, 4.69) is 31.2 Å². The zero-order valence-electron chi connectivity index (χ0n) is 13.2. The summed E-state index contributed by atoms with van der Waals surface area (Å²) in [5, 5.41) is 11.8. The van der Waals surface area contributed by atoms with E-state index >= 15 is 0 Å². The number of aliphatic hydroxyl groups is 1. The van der Waals surface area contributed by atoms with Crippen LogP contribution >= 0.6 is 0 Å². The maximum atomic E-state index is 11.8. The van der Waals surface area contributed by atoms with Crippen molar-refractivity contribution in [2.24, 2.45) is 23.7 Å². The fourth-order valence-electron chi connectivity index (χ4n) is 5.74. The topological polar surface area (TPSA) is 20.2 Å². The third-order valence-corrected chi connectivity index (χ3v) is 6.81. The maximum Gasteiger partial charge on any atom is 0.0738 e. The van der Waals surface area contributed by atoms with E-state index in [0.717, 1.165) is 18.8 Å². The molecule has 0 heterocycles. The molecule has 0 saturated heterocycles. The van der Waals surface area contributed by atoms with Gasteiger partial charge in [0.2, 0.25) is 0 Å². The molecule has 2 bridgehead atoms. The van der Waals surface area contributed by atoms with E-state index in [0.29, 0.717) is 17.8 Å². The Bertz CT molecular complexity index is 487. The monoisotopic (exact) mass is 284 g/mol. The van der Waals surface area contributed by atoms with Crippen molar-refractivity contribution in [3.63, 3.8) is 0 Å². The van der Waals surface area contributed by atoms with Gasteiger partial charge in [-0.1, -0.05) is 44.0 Å². The Morgan fingerprint density at radius 3 is 2.10 bits per heavy atom. The minimum Gasteiger partial charge on any atom is -0.389 e. The summed E-state index contributed by atoms with van der Waals surface area (Å²) >= 11 is 0. The molecule has 4 rings (SSSR count). The van der Waals surface area contributed by atoms with Crippen molar-refractivity contribution in [3.05, 3.63) is 35.4 Å². The van der Waals surface area contributed by atoms with Gasteiger partial charge in [-0.15, -0.1) is 0 Å². The fourth-order valence-corrected chi connectivity index (χ4v) is 5.74. The molecule has 0 aliphatic heterocycles. The normalized spacial score (nSPS) is 42.4. The first-order valence-electron chi connectivity index (χ1n) is 8.97. The van der Waals surface area contributed by atoms with Crippen molar-refractivity contribution in [1.29, 1.82) is 0 Å². The van der Waals surface area contributed by atoms with Gasteiger partial charge in [-0.2, -0.15) is 0 Å². The van der Waals surface area contributed by atoms with Gasteiger partial charge >= 0.3 is 0 Å². The first kappa shape index (κ1) is 13.8. The lowest BCUT2D eigenvalue weighted by atomic mass is 9.65. The minimum absolute atomic E-state index is 0.381. The average Bonchev–Trinajstić information content (AvgIpc) is 2.71. The van der Waals surface area contributed by atoms with Gasteiger partial charge in [0, 0.05) is 0 Å². The van der Waals surface area contributed by atoms with Crippen LogP contribution in [0.15, 0.2) is 24.3 Å². The van der Waals surface area contributed by atoms with Crippen LogP contribution in [0.3, 0.4) is 0 Å². The number of fused-ring (bicyclic) bond motifs is 3. The van der Waals surface area contributed by atoms with E-state index in [4.69, 9.17) is 0 Å². The molecule has 3 aliphatic rings. The maximum absolute atomic E-state index is 11.8. The van der Waals surface area contributed by atoms with Crippen LogP contribution in [0.4, 0.5) is 0 Å². The van der Waals surface area contributed by atoms with E-state index in [1.54, 1.807) is 0 Å². The van der Waals surface area contributed by atoms with Gasteiger partial charge in [-0.05, 0) is 73.3 Å². The first-order valence-corrected chi connectivity index (χ1v) is 8.97. The van der Waals surface area contributed by atoms with E-state index in [-0.39, 0.29) is 5.60 Å². The smallest absolute Gasteiger partial charge is 0.0738 e. The van der Waals surface area contributed by atoms with Crippen LogP contribution in [-0.4, -0.2) is 10.7 Å². The van der Waals surface area contributed by atoms with Crippen LogP contribution in [0.25, 0.3) is 0 Å². The van der Waals surface area contributed by atoms with Gasteiger partial charge in [0.25, 0.3) is 0 Å². The number of hydrogen-bond donors (Lipinski definition) is 1. The second-order valence-corrected chi connectivity index (χ2v) is 8.00. The molecular weight excluding hydrogens is 256 g/mol. The molecule has 1 N–H and O–H groups in total. The van der Waals surface area contributed by atoms with E-state index in [1.165, 1.54) is 49.7 Å². The average molecular weight is 284 g/mol. The highest BCUT2D eigenvalue weighted by Crippen LogP contribution is 2.54. The predicted molar refractivity (Wildman–Crippen MR) is 86.1 cm³/mol. The lowest BCUT2D eigenvalue weighted by Crippen LogP contribution is -2.48. The zero-order chi connectivity index (χ0) is 14.4. The molecular formula is C20H28O. The minimum atomic E-state index is -0.381. The quantitative estimate of drug-likeness (QED) is 0.812. The molecule has 2 fully saturated rings. The van der Waals surface area contributed by atoms with Gasteiger partial charge in [-0.3, -0.25) is 0 Å². The molecule has 21 heavy (non-hydrogen) atoms. The SMILES string of the molecule is CC1CCCC(C2(O)C3CCC2Cc2ccccc2C3)C1. The number of rotatable bonds is 1. The van der Waals surface area contributed by atoms with Crippen molar-refractivity contribution in [2.75, 3.05) is 0 Å². The summed E-state index contributed by atoms with van der Waals surface area (Å²) in [5.74, 6) is 2.36. The van der Waals surface area contributed by atoms with Crippen molar-refractivity contribution in [2.45, 2.75) is 63.9 Å². The fraction of sp³-hybridized carbons (Fsp3) is 0.700. The molecule has 114 valence electrons.